The topological polar surface area (TPSA) is 72.8 Å². The predicted molar refractivity (Wildman–Crippen MR) is 86.1 cm³/mol. The van der Waals surface area contributed by atoms with Crippen LogP contribution in [0.3, 0.4) is 0 Å². The number of aromatic hydroxyl groups is 1. The van der Waals surface area contributed by atoms with Crippen LogP contribution in [-0.4, -0.2) is 17.0 Å². The van der Waals surface area contributed by atoms with Gasteiger partial charge in [-0.1, -0.05) is 24.3 Å². The van der Waals surface area contributed by atoms with E-state index in [1.54, 1.807) is 42.5 Å². The molecule has 118 valence electrons. The Balaban J connectivity index is 2.29. The number of carbonyl (C=O) groups is 2. The van der Waals surface area contributed by atoms with Crippen molar-refractivity contribution in [3.05, 3.63) is 53.6 Å². The van der Waals surface area contributed by atoms with Gasteiger partial charge in [-0.25, -0.2) is 0 Å². The zero-order valence-corrected chi connectivity index (χ0v) is 12.8. The van der Waals surface area contributed by atoms with Crippen molar-refractivity contribution in [2.24, 2.45) is 0 Å². The molecule has 0 saturated heterocycles. The summed E-state index contributed by atoms with van der Waals surface area (Å²) in [4.78, 5) is 22.2. The number of hydrogen-bond acceptors (Lipinski definition) is 5. The minimum atomic E-state index is -0.460. The molecule has 1 N–H and O–H groups in total. The van der Waals surface area contributed by atoms with Crippen LogP contribution in [0.1, 0.15) is 25.0 Å². The first-order chi connectivity index (χ1) is 10.9. The zero-order valence-electron chi connectivity index (χ0n) is 12.8. The van der Waals surface area contributed by atoms with Crippen molar-refractivity contribution in [2.75, 3.05) is 0 Å². The second kappa shape index (κ2) is 7.26. The Morgan fingerprint density at radius 1 is 0.826 bits per heavy atom. The smallest absolute Gasteiger partial charge is 0.308 e. The molecule has 5 nitrogen and oxygen atoms in total. The summed E-state index contributed by atoms with van der Waals surface area (Å²) in [5.74, 6) is -0.142. The van der Waals surface area contributed by atoms with Crippen LogP contribution in [0.2, 0.25) is 0 Å². The standard InChI is InChI=1S/C18H16O5/c1-12(19)22-17-9-15(10-18(11-17)23-13(2)20)4-3-14-5-7-16(21)8-6-14/h3-11,21H,1-2H3. The Bertz CT molecular complexity index is 710. The number of carbonyl (C=O) groups excluding carboxylic acids is 2. The molecule has 0 bridgehead atoms. The maximum absolute atomic E-state index is 11.1. The summed E-state index contributed by atoms with van der Waals surface area (Å²) in [5.41, 5.74) is 1.59. The van der Waals surface area contributed by atoms with Gasteiger partial charge in [-0.3, -0.25) is 9.59 Å². The highest BCUT2D eigenvalue weighted by molar-refractivity contribution is 5.75. The van der Waals surface area contributed by atoms with E-state index >= 15 is 0 Å². The Labute approximate surface area is 133 Å². The summed E-state index contributed by atoms with van der Waals surface area (Å²) < 4.78 is 10.1. The second-order valence-electron chi connectivity index (χ2n) is 4.85. The summed E-state index contributed by atoms with van der Waals surface area (Å²) in [6.45, 7) is 2.59. The summed E-state index contributed by atoms with van der Waals surface area (Å²) in [7, 11) is 0. The van der Waals surface area contributed by atoms with Crippen molar-refractivity contribution in [3.63, 3.8) is 0 Å². The average molecular weight is 312 g/mol. The van der Waals surface area contributed by atoms with Gasteiger partial charge in [-0.2, -0.15) is 0 Å². The SMILES string of the molecule is CC(=O)Oc1cc(C=Cc2ccc(O)cc2)cc(OC(C)=O)c1. The molecule has 0 atom stereocenters. The highest BCUT2D eigenvalue weighted by Gasteiger charge is 2.06. The van der Waals surface area contributed by atoms with Gasteiger partial charge in [0.2, 0.25) is 0 Å². The summed E-state index contributed by atoms with van der Waals surface area (Å²) in [6.07, 6.45) is 3.61. The first-order valence-corrected chi connectivity index (χ1v) is 6.91. The molecular weight excluding hydrogens is 296 g/mol. The predicted octanol–water partition coefficient (Wildman–Crippen LogP) is 3.41. The molecular formula is C18H16O5. The average Bonchev–Trinajstić information content (AvgIpc) is 2.45. The Morgan fingerprint density at radius 2 is 1.30 bits per heavy atom. The minimum Gasteiger partial charge on any atom is -0.508 e. The summed E-state index contributed by atoms with van der Waals surface area (Å²) in [5, 5.41) is 9.26. The van der Waals surface area contributed by atoms with Crippen LogP contribution < -0.4 is 9.47 Å². The third-order valence-electron chi connectivity index (χ3n) is 2.79. The first-order valence-electron chi connectivity index (χ1n) is 6.91. The molecule has 0 saturated carbocycles. The Morgan fingerprint density at radius 3 is 1.78 bits per heavy atom. The van der Waals surface area contributed by atoms with Gasteiger partial charge >= 0.3 is 11.9 Å². The lowest BCUT2D eigenvalue weighted by Crippen LogP contribution is -2.04. The highest BCUT2D eigenvalue weighted by Crippen LogP contribution is 2.25. The molecule has 0 amide bonds. The molecule has 0 radical (unpaired) electrons. The van der Waals surface area contributed by atoms with Crippen LogP contribution in [0.4, 0.5) is 0 Å². The molecule has 0 aliphatic heterocycles. The summed E-state index contributed by atoms with van der Waals surface area (Å²) >= 11 is 0. The van der Waals surface area contributed by atoms with Gasteiger partial charge in [0.1, 0.15) is 17.2 Å². The molecule has 5 heteroatoms. The molecule has 0 aliphatic carbocycles. The number of rotatable bonds is 4. The maximum Gasteiger partial charge on any atom is 0.308 e. The number of esters is 2. The van der Waals surface area contributed by atoms with E-state index in [4.69, 9.17) is 9.47 Å². The quantitative estimate of drug-likeness (QED) is 0.532. The van der Waals surface area contributed by atoms with Gasteiger partial charge in [-0.15, -0.1) is 0 Å². The lowest BCUT2D eigenvalue weighted by atomic mass is 10.1. The molecule has 23 heavy (non-hydrogen) atoms. The summed E-state index contributed by atoms with van der Waals surface area (Å²) in [6, 6.07) is 11.5. The van der Waals surface area contributed by atoms with Gasteiger partial charge in [-0.05, 0) is 35.4 Å². The first kappa shape index (κ1) is 16.3. The van der Waals surface area contributed by atoms with E-state index in [1.807, 2.05) is 6.08 Å². The lowest BCUT2D eigenvalue weighted by molar-refractivity contribution is -0.132. The van der Waals surface area contributed by atoms with E-state index in [9.17, 15) is 14.7 Å². The van der Waals surface area contributed by atoms with Crippen molar-refractivity contribution in [1.82, 2.24) is 0 Å². The zero-order chi connectivity index (χ0) is 16.8. The molecule has 2 rings (SSSR count). The van der Waals surface area contributed by atoms with Crippen LogP contribution in [0.15, 0.2) is 42.5 Å². The largest absolute Gasteiger partial charge is 0.508 e. The maximum atomic E-state index is 11.1. The van der Waals surface area contributed by atoms with Gasteiger partial charge < -0.3 is 14.6 Å². The fourth-order valence-electron chi connectivity index (χ4n) is 1.92. The van der Waals surface area contributed by atoms with Crippen molar-refractivity contribution >= 4 is 24.1 Å². The van der Waals surface area contributed by atoms with Gasteiger partial charge in [0.05, 0.1) is 0 Å². The molecule has 0 unspecified atom stereocenters. The molecule has 0 spiro atoms. The van der Waals surface area contributed by atoms with E-state index in [0.717, 1.165) is 5.56 Å². The van der Waals surface area contributed by atoms with Crippen LogP contribution in [0.25, 0.3) is 12.2 Å². The second-order valence-corrected chi connectivity index (χ2v) is 4.85. The van der Waals surface area contributed by atoms with E-state index in [2.05, 4.69) is 0 Å². The van der Waals surface area contributed by atoms with E-state index in [1.165, 1.54) is 19.9 Å². The monoisotopic (exact) mass is 312 g/mol. The number of phenols is 1. The van der Waals surface area contributed by atoms with Crippen LogP contribution in [-0.2, 0) is 9.59 Å². The van der Waals surface area contributed by atoms with Gasteiger partial charge in [0.15, 0.2) is 0 Å². The van der Waals surface area contributed by atoms with Crippen LogP contribution in [0.5, 0.6) is 17.2 Å². The lowest BCUT2D eigenvalue weighted by Gasteiger charge is -2.07. The molecule has 0 aliphatic rings. The van der Waals surface area contributed by atoms with Crippen molar-refractivity contribution < 1.29 is 24.2 Å². The van der Waals surface area contributed by atoms with Crippen molar-refractivity contribution in [1.29, 1.82) is 0 Å². The number of ether oxygens (including phenoxy) is 2. The number of hydrogen-bond donors (Lipinski definition) is 1. The third kappa shape index (κ3) is 5.32. The van der Waals surface area contributed by atoms with Crippen LogP contribution in [0, 0.1) is 0 Å². The minimum absolute atomic E-state index is 0.191. The fraction of sp³-hybridized carbons (Fsp3) is 0.111. The molecule has 0 heterocycles. The van der Waals surface area contributed by atoms with E-state index in [-0.39, 0.29) is 5.75 Å². The Hall–Kier alpha value is -3.08. The fourth-order valence-corrected chi connectivity index (χ4v) is 1.92. The van der Waals surface area contributed by atoms with Gasteiger partial charge in [0.25, 0.3) is 0 Å². The van der Waals surface area contributed by atoms with Crippen molar-refractivity contribution in [2.45, 2.75) is 13.8 Å². The van der Waals surface area contributed by atoms with E-state index in [0.29, 0.717) is 17.1 Å². The molecule has 0 aromatic heterocycles. The molecule has 2 aromatic carbocycles. The Kier molecular flexibility index (Phi) is 5.15. The normalized spacial score (nSPS) is 10.5. The molecule has 2 aromatic rings. The number of phenolic OH excluding ortho intramolecular Hbond substituents is 1. The van der Waals surface area contributed by atoms with Gasteiger partial charge in [0, 0.05) is 19.9 Å². The van der Waals surface area contributed by atoms with E-state index < -0.39 is 11.9 Å². The molecule has 0 fully saturated rings. The van der Waals surface area contributed by atoms with Crippen molar-refractivity contribution in [3.8, 4) is 17.2 Å². The third-order valence-corrected chi connectivity index (χ3v) is 2.79. The highest BCUT2D eigenvalue weighted by atomic mass is 16.5. The van der Waals surface area contributed by atoms with Crippen LogP contribution >= 0.6 is 0 Å². The number of benzene rings is 2.